The maximum Gasteiger partial charge on any atom is 0.257 e. The van der Waals surface area contributed by atoms with Gasteiger partial charge in [0.2, 0.25) is 5.91 Å². The van der Waals surface area contributed by atoms with Crippen LogP contribution in [-0.2, 0) is 11.3 Å². The average molecular weight is 420 g/mol. The second-order valence-corrected chi connectivity index (χ2v) is 7.07. The molecule has 0 atom stereocenters. The molecule has 1 heterocycles. The first-order valence-corrected chi connectivity index (χ1v) is 9.10. The molecule has 5 nitrogen and oxygen atoms in total. The number of halogens is 3. The number of amides is 1. The smallest absolute Gasteiger partial charge is 0.257 e. The summed E-state index contributed by atoms with van der Waals surface area (Å²) >= 11 is 11.8. The summed E-state index contributed by atoms with van der Waals surface area (Å²) in [5, 5.41) is 2.99. The number of hydrogen-bond donors (Lipinski definition) is 1. The fraction of sp³-hybridized carbons (Fsp3) is 0.150. The summed E-state index contributed by atoms with van der Waals surface area (Å²) in [5.74, 6) is -0.724. The summed E-state index contributed by atoms with van der Waals surface area (Å²) in [6.07, 6.45) is 0. The molecular formula is C20H16Cl2FN3O2. The number of aromatic nitrogens is 2. The van der Waals surface area contributed by atoms with E-state index in [1.165, 1.54) is 16.7 Å². The van der Waals surface area contributed by atoms with Crippen LogP contribution in [0.1, 0.15) is 11.3 Å². The second kappa shape index (κ2) is 8.12. The average Bonchev–Trinajstić information content (AvgIpc) is 2.65. The highest BCUT2D eigenvalue weighted by Gasteiger charge is 2.16. The van der Waals surface area contributed by atoms with Crippen molar-refractivity contribution in [1.82, 2.24) is 9.55 Å². The quantitative estimate of drug-likeness (QED) is 0.671. The number of aryl methyl sites for hydroxylation is 1. The van der Waals surface area contributed by atoms with Crippen LogP contribution in [0, 0.1) is 19.7 Å². The second-order valence-electron chi connectivity index (χ2n) is 6.22. The lowest BCUT2D eigenvalue weighted by molar-refractivity contribution is -0.116. The van der Waals surface area contributed by atoms with E-state index in [2.05, 4.69) is 10.3 Å². The van der Waals surface area contributed by atoms with Crippen LogP contribution in [0.4, 0.5) is 10.1 Å². The molecule has 0 aliphatic rings. The van der Waals surface area contributed by atoms with Gasteiger partial charge < -0.3 is 5.32 Å². The van der Waals surface area contributed by atoms with E-state index in [9.17, 15) is 14.0 Å². The highest BCUT2D eigenvalue weighted by molar-refractivity contribution is 6.31. The summed E-state index contributed by atoms with van der Waals surface area (Å²) < 4.78 is 14.6. The van der Waals surface area contributed by atoms with Gasteiger partial charge in [0.25, 0.3) is 5.56 Å². The van der Waals surface area contributed by atoms with E-state index in [1.54, 1.807) is 38.1 Å². The van der Waals surface area contributed by atoms with Crippen molar-refractivity contribution in [2.75, 3.05) is 5.32 Å². The molecule has 8 heteroatoms. The van der Waals surface area contributed by atoms with Crippen LogP contribution in [0.25, 0.3) is 11.4 Å². The van der Waals surface area contributed by atoms with E-state index in [4.69, 9.17) is 23.2 Å². The Morgan fingerprint density at radius 1 is 1.18 bits per heavy atom. The summed E-state index contributed by atoms with van der Waals surface area (Å²) in [5.41, 5.74) is 1.64. The van der Waals surface area contributed by atoms with Crippen LogP contribution < -0.4 is 10.9 Å². The predicted molar refractivity (Wildman–Crippen MR) is 108 cm³/mol. The van der Waals surface area contributed by atoms with Crippen molar-refractivity contribution >= 4 is 34.8 Å². The molecule has 28 heavy (non-hydrogen) atoms. The minimum absolute atomic E-state index is 0.109. The number of anilines is 1. The van der Waals surface area contributed by atoms with Crippen LogP contribution >= 0.6 is 23.2 Å². The van der Waals surface area contributed by atoms with Gasteiger partial charge in [-0.25, -0.2) is 9.37 Å². The molecule has 0 aliphatic carbocycles. The zero-order chi connectivity index (χ0) is 20.4. The van der Waals surface area contributed by atoms with Gasteiger partial charge in [0.15, 0.2) is 0 Å². The number of rotatable bonds is 4. The fourth-order valence-corrected chi connectivity index (χ4v) is 3.04. The predicted octanol–water partition coefficient (Wildman–Crippen LogP) is 4.61. The lowest BCUT2D eigenvalue weighted by Gasteiger charge is -2.15. The molecule has 1 aromatic heterocycles. The standard InChI is InChI=1S/C20H16Cl2FN3O2/c1-11-12(2)24-19(13-4-3-5-14(21)8-13)26(20(11)28)10-18(27)25-15-6-7-17(23)16(22)9-15/h3-9H,10H2,1-2H3,(H,25,27). The van der Waals surface area contributed by atoms with E-state index < -0.39 is 11.7 Å². The van der Waals surface area contributed by atoms with Gasteiger partial charge in [-0.1, -0.05) is 35.3 Å². The highest BCUT2D eigenvalue weighted by Crippen LogP contribution is 2.22. The van der Waals surface area contributed by atoms with Gasteiger partial charge in [0.05, 0.1) is 5.02 Å². The van der Waals surface area contributed by atoms with Crippen molar-refractivity contribution in [3.63, 3.8) is 0 Å². The van der Waals surface area contributed by atoms with Crippen molar-refractivity contribution < 1.29 is 9.18 Å². The van der Waals surface area contributed by atoms with E-state index in [0.717, 1.165) is 6.07 Å². The Bertz CT molecular complexity index is 1130. The third-order valence-electron chi connectivity index (χ3n) is 4.23. The topological polar surface area (TPSA) is 64.0 Å². The van der Waals surface area contributed by atoms with Crippen molar-refractivity contribution in [3.8, 4) is 11.4 Å². The van der Waals surface area contributed by atoms with Gasteiger partial charge in [0, 0.05) is 27.5 Å². The van der Waals surface area contributed by atoms with Crippen LogP contribution in [-0.4, -0.2) is 15.5 Å². The third kappa shape index (κ3) is 4.24. The normalized spacial score (nSPS) is 10.8. The van der Waals surface area contributed by atoms with Gasteiger partial charge in [-0.15, -0.1) is 0 Å². The van der Waals surface area contributed by atoms with Gasteiger partial charge in [-0.3, -0.25) is 14.2 Å². The zero-order valence-corrected chi connectivity index (χ0v) is 16.6. The largest absolute Gasteiger partial charge is 0.324 e. The van der Waals surface area contributed by atoms with Crippen molar-refractivity contribution in [3.05, 3.63) is 79.9 Å². The molecule has 1 amide bonds. The number of benzene rings is 2. The first-order chi connectivity index (χ1) is 13.3. The van der Waals surface area contributed by atoms with E-state index in [0.29, 0.717) is 33.4 Å². The van der Waals surface area contributed by atoms with Crippen LogP contribution in [0.2, 0.25) is 10.0 Å². The Labute approximate surface area is 170 Å². The van der Waals surface area contributed by atoms with Gasteiger partial charge in [0.1, 0.15) is 18.2 Å². The SMILES string of the molecule is Cc1nc(-c2cccc(Cl)c2)n(CC(=O)Nc2ccc(F)c(Cl)c2)c(=O)c1C. The molecule has 0 fully saturated rings. The molecule has 3 rings (SSSR count). The Kier molecular flexibility index (Phi) is 5.82. The molecule has 1 N–H and O–H groups in total. The first-order valence-electron chi connectivity index (χ1n) is 8.35. The van der Waals surface area contributed by atoms with Crippen LogP contribution in [0.5, 0.6) is 0 Å². The summed E-state index contributed by atoms with van der Waals surface area (Å²) in [6, 6.07) is 10.7. The molecule has 0 aliphatic heterocycles. The first kappa shape index (κ1) is 20.0. The molecule has 0 unspecified atom stereocenters. The molecule has 3 aromatic rings. The number of nitrogens with one attached hydrogen (secondary N) is 1. The number of carbonyl (C=O) groups excluding carboxylic acids is 1. The van der Waals surface area contributed by atoms with Gasteiger partial charge >= 0.3 is 0 Å². The maximum atomic E-state index is 13.3. The molecule has 0 saturated heterocycles. The molecule has 0 spiro atoms. The Balaban J connectivity index is 1.98. The minimum Gasteiger partial charge on any atom is -0.324 e. The van der Waals surface area contributed by atoms with Gasteiger partial charge in [-0.05, 0) is 44.2 Å². The summed E-state index contributed by atoms with van der Waals surface area (Å²) in [7, 11) is 0. The maximum absolute atomic E-state index is 13.3. The van der Waals surface area contributed by atoms with Crippen LogP contribution in [0.15, 0.2) is 47.3 Å². The zero-order valence-electron chi connectivity index (χ0n) is 15.1. The Hall–Kier alpha value is -2.70. The molecule has 0 saturated carbocycles. The molecule has 144 valence electrons. The summed E-state index contributed by atoms with van der Waals surface area (Å²) in [6.45, 7) is 3.11. The number of hydrogen-bond acceptors (Lipinski definition) is 3. The Morgan fingerprint density at radius 3 is 2.61 bits per heavy atom. The molecule has 2 aromatic carbocycles. The van der Waals surface area contributed by atoms with E-state index in [-0.39, 0.29) is 17.1 Å². The summed E-state index contributed by atoms with van der Waals surface area (Å²) in [4.78, 5) is 29.8. The van der Waals surface area contributed by atoms with E-state index in [1.807, 2.05) is 0 Å². The highest BCUT2D eigenvalue weighted by atomic mass is 35.5. The Morgan fingerprint density at radius 2 is 1.93 bits per heavy atom. The van der Waals surface area contributed by atoms with Gasteiger partial charge in [-0.2, -0.15) is 0 Å². The lowest BCUT2D eigenvalue weighted by Crippen LogP contribution is -2.31. The monoisotopic (exact) mass is 419 g/mol. The molecular weight excluding hydrogens is 404 g/mol. The fourth-order valence-electron chi connectivity index (χ4n) is 2.67. The molecule has 0 radical (unpaired) electrons. The van der Waals surface area contributed by atoms with Crippen molar-refractivity contribution in [2.45, 2.75) is 20.4 Å². The van der Waals surface area contributed by atoms with Crippen LogP contribution in [0.3, 0.4) is 0 Å². The molecule has 0 bridgehead atoms. The van der Waals surface area contributed by atoms with Crippen molar-refractivity contribution in [1.29, 1.82) is 0 Å². The third-order valence-corrected chi connectivity index (χ3v) is 4.75. The van der Waals surface area contributed by atoms with E-state index >= 15 is 0 Å². The van der Waals surface area contributed by atoms with Crippen molar-refractivity contribution in [2.24, 2.45) is 0 Å². The minimum atomic E-state index is -0.586. The lowest BCUT2D eigenvalue weighted by atomic mass is 10.1. The number of nitrogens with zero attached hydrogens (tertiary/aromatic N) is 2. The number of carbonyl (C=O) groups is 1.